The zero-order valence-corrected chi connectivity index (χ0v) is 7.83. The molecule has 0 saturated carbocycles. The first-order valence-electron chi connectivity index (χ1n) is 3.36. The Morgan fingerprint density at radius 1 is 1.83 bits per heavy atom. The molecule has 0 aromatic carbocycles. The third-order valence-electron chi connectivity index (χ3n) is 1.22. The van der Waals surface area contributed by atoms with Gasteiger partial charge in [0, 0.05) is 6.42 Å². The van der Waals surface area contributed by atoms with E-state index in [0.717, 1.165) is 0 Å². The lowest BCUT2D eigenvalue weighted by Crippen LogP contribution is -2.05. The van der Waals surface area contributed by atoms with E-state index in [1.807, 2.05) is 0 Å². The number of ether oxygens (including phenoxy) is 2. The minimum absolute atomic E-state index is 0.396. The summed E-state index contributed by atoms with van der Waals surface area (Å²) in [6, 6.07) is 0. The van der Waals surface area contributed by atoms with Gasteiger partial charge >= 0.3 is 5.97 Å². The average molecular weight is 231 g/mol. The first-order chi connectivity index (χ1) is 5.74. The van der Waals surface area contributed by atoms with Crippen LogP contribution < -0.4 is 0 Å². The van der Waals surface area contributed by atoms with Crippen molar-refractivity contribution in [3.05, 3.63) is 11.8 Å². The summed E-state index contributed by atoms with van der Waals surface area (Å²) >= 11 is 3.11. The molecule has 0 bridgehead atoms. The van der Waals surface area contributed by atoms with Gasteiger partial charge in [0.1, 0.15) is 0 Å². The Balaban J connectivity index is 2.37. The number of carbonyl (C=O) groups is 1. The molecule has 0 fully saturated rings. The molecule has 3 nitrogen and oxygen atoms in total. The number of hydrogen-bond donors (Lipinski definition) is 0. The largest absolute Gasteiger partial charge is 0.492 e. The number of cyclic esters (lactones) is 1. The molecule has 12 heavy (non-hydrogen) atoms. The monoisotopic (exact) mass is 230 g/mol. The quantitative estimate of drug-likeness (QED) is 0.316. The Kier molecular flexibility index (Phi) is 3.18. The van der Waals surface area contributed by atoms with Crippen LogP contribution in [-0.4, -0.2) is 17.6 Å². The molecule has 1 rings (SSSR count). The molecule has 0 radical (unpaired) electrons. The van der Waals surface area contributed by atoms with E-state index in [4.69, 9.17) is 15.9 Å². The summed E-state index contributed by atoms with van der Waals surface area (Å²) in [7, 11) is 0. The van der Waals surface area contributed by atoms with Crippen LogP contribution in [0.5, 0.6) is 0 Å². The second kappa shape index (κ2) is 4.17. The van der Waals surface area contributed by atoms with Gasteiger partial charge in [-0.15, -0.1) is 12.3 Å². The van der Waals surface area contributed by atoms with E-state index >= 15 is 0 Å². The van der Waals surface area contributed by atoms with Crippen molar-refractivity contribution in [2.24, 2.45) is 0 Å². The van der Waals surface area contributed by atoms with Crippen LogP contribution in [0.1, 0.15) is 6.42 Å². The van der Waals surface area contributed by atoms with Crippen molar-refractivity contribution in [3.63, 3.8) is 0 Å². The molecule has 0 N–H and O–H groups in total. The molecule has 0 aliphatic carbocycles. The molecule has 4 heteroatoms. The summed E-state index contributed by atoms with van der Waals surface area (Å²) in [4.78, 5) is 10.6. The number of esters is 1. The minimum Gasteiger partial charge on any atom is -0.492 e. The Morgan fingerprint density at radius 3 is 3.08 bits per heavy atom. The fourth-order valence-electron chi connectivity index (χ4n) is 0.711. The smallest absolute Gasteiger partial charge is 0.335 e. The molecule has 0 aromatic rings. The summed E-state index contributed by atoms with van der Waals surface area (Å²) in [5.41, 5.74) is 0. The van der Waals surface area contributed by atoms with Crippen LogP contribution in [0.2, 0.25) is 0 Å². The van der Waals surface area contributed by atoms with E-state index in [1.165, 1.54) is 6.08 Å². The van der Waals surface area contributed by atoms with E-state index < -0.39 is 11.0 Å². The summed E-state index contributed by atoms with van der Waals surface area (Å²) < 4.78 is 9.86. The van der Waals surface area contributed by atoms with Crippen LogP contribution >= 0.6 is 15.9 Å². The lowest BCUT2D eigenvalue weighted by molar-refractivity contribution is -0.136. The van der Waals surface area contributed by atoms with Crippen molar-refractivity contribution in [2.75, 3.05) is 6.61 Å². The van der Waals surface area contributed by atoms with E-state index in [-0.39, 0.29) is 0 Å². The first-order valence-corrected chi connectivity index (χ1v) is 4.28. The number of terminal acetylenes is 1. The van der Waals surface area contributed by atoms with Gasteiger partial charge in [-0.3, -0.25) is 0 Å². The average Bonchev–Trinajstić information content (AvgIpc) is 2.31. The van der Waals surface area contributed by atoms with Gasteiger partial charge in [-0.05, 0) is 15.9 Å². The third kappa shape index (κ3) is 2.28. The van der Waals surface area contributed by atoms with E-state index in [2.05, 4.69) is 21.9 Å². The highest BCUT2D eigenvalue weighted by Gasteiger charge is 2.24. The summed E-state index contributed by atoms with van der Waals surface area (Å²) in [5.74, 6) is 2.51. The van der Waals surface area contributed by atoms with Crippen LogP contribution in [0, 0.1) is 12.3 Å². The van der Waals surface area contributed by atoms with Gasteiger partial charge in [0.15, 0.2) is 5.76 Å². The Bertz CT molecular complexity index is 252. The highest BCUT2D eigenvalue weighted by Crippen LogP contribution is 2.21. The highest BCUT2D eigenvalue weighted by molar-refractivity contribution is 9.09. The van der Waals surface area contributed by atoms with E-state index in [9.17, 15) is 4.79 Å². The lowest BCUT2D eigenvalue weighted by Gasteiger charge is -2.07. The molecule has 0 aromatic heterocycles. The maximum absolute atomic E-state index is 10.6. The maximum Gasteiger partial charge on any atom is 0.335 e. The predicted molar refractivity (Wildman–Crippen MR) is 46.3 cm³/mol. The normalized spacial score (nSPS) is 21.2. The molecular weight excluding hydrogens is 224 g/mol. The summed E-state index contributed by atoms with van der Waals surface area (Å²) in [6.07, 6.45) is 6.84. The van der Waals surface area contributed by atoms with Crippen LogP contribution in [0.3, 0.4) is 0 Å². The zero-order valence-electron chi connectivity index (χ0n) is 6.25. The molecule has 1 aliphatic rings. The molecule has 0 amide bonds. The van der Waals surface area contributed by atoms with Gasteiger partial charge in [-0.25, -0.2) is 4.79 Å². The van der Waals surface area contributed by atoms with Gasteiger partial charge in [0.25, 0.3) is 0 Å². The Hall–Kier alpha value is -0.950. The van der Waals surface area contributed by atoms with Crippen molar-refractivity contribution in [1.82, 2.24) is 0 Å². The number of rotatable bonds is 3. The third-order valence-corrected chi connectivity index (χ3v) is 1.86. The summed E-state index contributed by atoms with van der Waals surface area (Å²) in [5, 5.41) is -0.456. The topological polar surface area (TPSA) is 35.5 Å². The number of hydrogen-bond acceptors (Lipinski definition) is 3. The standard InChI is InChI=1S/C8H7BrO3/c1-2-3-4-11-6-5-7(10)12-8(6)9/h1,5,8H,3-4H2. The number of alkyl halides is 1. The zero-order chi connectivity index (χ0) is 8.97. The van der Waals surface area contributed by atoms with Gasteiger partial charge in [0.2, 0.25) is 5.01 Å². The minimum atomic E-state index is -0.456. The van der Waals surface area contributed by atoms with Gasteiger partial charge < -0.3 is 9.47 Å². The highest BCUT2D eigenvalue weighted by atomic mass is 79.9. The fourth-order valence-corrected chi connectivity index (χ4v) is 1.16. The maximum atomic E-state index is 10.6. The second-order valence-electron chi connectivity index (χ2n) is 2.10. The molecule has 1 heterocycles. The van der Waals surface area contributed by atoms with Gasteiger partial charge in [-0.2, -0.15) is 0 Å². The number of carbonyl (C=O) groups excluding carboxylic acids is 1. The van der Waals surface area contributed by atoms with Crippen molar-refractivity contribution in [1.29, 1.82) is 0 Å². The number of halogens is 1. The first kappa shape index (κ1) is 9.14. The van der Waals surface area contributed by atoms with Crippen molar-refractivity contribution < 1.29 is 14.3 Å². The van der Waals surface area contributed by atoms with E-state index in [1.54, 1.807) is 0 Å². The van der Waals surface area contributed by atoms with Crippen LogP contribution in [-0.2, 0) is 14.3 Å². The lowest BCUT2D eigenvalue weighted by atomic mass is 10.4. The second-order valence-corrected chi connectivity index (χ2v) is 2.93. The molecule has 0 spiro atoms. The van der Waals surface area contributed by atoms with Crippen molar-refractivity contribution in [2.45, 2.75) is 11.4 Å². The Morgan fingerprint density at radius 2 is 2.58 bits per heavy atom. The molecule has 1 unspecified atom stereocenters. The summed E-state index contributed by atoms with van der Waals surface area (Å²) in [6.45, 7) is 0.404. The van der Waals surface area contributed by atoms with E-state index in [0.29, 0.717) is 18.8 Å². The molecule has 0 saturated heterocycles. The van der Waals surface area contributed by atoms with Crippen molar-refractivity contribution in [3.8, 4) is 12.3 Å². The van der Waals surface area contributed by atoms with Crippen LogP contribution in [0.25, 0.3) is 0 Å². The van der Waals surface area contributed by atoms with Gasteiger partial charge in [0.05, 0.1) is 12.7 Å². The van der Waals surface area contributed by atoms with Crippen molar-refractivity contribution >= 4 is 21.9 Å². The SMILES string of the molecule is C#CCCOC1=CC(=O)OC1Br. The molecule has 64 valence electrons. The van der Waals surface area contributed by atoms with Gasteiger partial charge in [-0.1, -0.05) is 0 Å². The fraction of sp³-hybridized carbons (Fsp3) is 0.375. The predicted octanol–water partition coefficient (Wildman–Crippen LogP) is 1.19. The molecule has 1 aliphatic heterocycles. The van der Waals surface area contributed by atoms with Crippen LogP contribution in [0.4, 0.5) is 0 Å². The molecular formula is C8H7BrO3. The van der Waals surface area contributed by atoms with Crippen LogP contribution in [0.15, 0.2) is 11.8 Å². The molecule has 1 atom stereocenters. The Labute approximate surface area is 78.9 Å².